The van der Waals surface area contributed by atoms with Crippen molar-refractivity contribution >= 4 is 24.8 Å². The van der Waals surface area contributed by atoms with Gasteiger partial charge in [-0.1, -0.05) is 80.3 Å². The Bertz CT molecular complexity index is 711. The molecular weight excluding hydrogens is 331 g/mol. The van der Waals surface area contributed by atoms with E-state index in [2.05, 4.69) is 30.3 Å². The summed E-state index contributed by atoms with van der Waals surface area (Å²) in [7, 11) is 0. The molecule has 1 N–H and O–H groups in total. The number of hydrogen-bond acceptors (Lipinski definition) is 2. The Hall–Kier alpha value is -1.53. The molecule has 0 spiro atoms. The number of unbranched alkanes of at least 4 members (excludes halogenated alkanes) is 5. The zero-order valence-electron chi connectivity index (χ0n) is 16.3. The van der Waals surface area contributed by atoms with Crippen molar-refractivity contribution in [1.82, 2.24) is 0 Å². The van der Waals surface area contributed by atoms with Crippen LogP contribution in [0.2, 0.25) is 0 Å². The van der Waals surface area contributed by atoms with E-state index < -0.39 is 11.6 Å². The van der Waals surface area contributed by atoms with Crippen LogP contribution in [0.4, 0.5) is 0 Å². The van der Waals surface area contributed by atoms with Gasteiger partial charge in [0.25, 0.3) is 0 Å². The second kappa shape index (κ2) is 10.7. The maximum absolute atomic E-state index is 11.5. The maximum atomic E-state index is 11.5. The fourth-order valence-corrected chi connectivity index (χ4v) is 3.59. The number of hydrogen-bond donors (Lipinski definition) is 1. The van der Waals surface area contributed by atoms with Gasteiger partial charge in [0.2, 0.25) is 5.60 Å². The summed E-state index contributed by atoms with van der Waals surface area (Å²) in [4.78, 5) is 11.5. The van der Waals surface area contributed by atoms with Gasteiger partial charge < -0.3 is 9.84 Å². The monoisotopic (exact) mass is 359 g/mol. The summed E-state index contributed by atoms with van der Waals surface area (Å²) in [5.41, 5.74) is 2.32. The largest absolute Gasteiger partial charge is 0.479 e. The van der Waals surface area contributed by atoms with Crippen LogP contribution in [0.25, 0.3) is 0 Å². The number of aryl methyl sites for hydroxylation is 2. The van der Waals surface area contributed by atoms with Crippen molar-refractivity contribution in [1.29, 1.82) is 0 Å². The smallest absolute Gasteiger partial charge is 0.343 e. The Balaban J connectivity index is 0.00000261. The number of carboxylic acids is 1. The van der Waals surface area contributed by atoms with Gasteiger partial charge in [0.05, 0.1) is 6.61 Å². The molecule has 27 heavy (non-hydrogen) atoms. The number of aliphatic carboxylic acids is 1. The van der Waals surface area contributed by atoms with E-state index in [1.165, 1.54) is 44.1 Å². The molecule has 1 atom stereocenters. The van der Waals surface area contributed by atoms with Crippen LogP contribution in [0.3, 0.4) is 0 Å². The first-order valence-corrected chi connectivity index (χ1v) is 9.72. The van der Waals surface area contributed by atoms with Crippen LogP contribution in [0.1, 0.15) is 55.2 Å². The molecule has 0 aromatic heterocycles. The first-order valence-electron chi connectivity index (χ1n) is 9.72. The van der Waals surface area contributed by atoms with Gasteiger partial charge in [0, 0.05) is 24.4 Å². The van der Waals surface area contributed by atoms with Crippen molar-refractivity contribution in [2.45, 2.75) is 57.0 Å². The van der Waals surface area contributed by atoms with Gasteiger partial charge in [-0.05, 0) is 36.8 Å². The van der Waals surface area contributed by atoms with E-state index in [-0.39, 0.29) is 18.9 Å². The average Bonchev–Trinajstić information content (AvgIpc) is 3.47. The molecule has 1 aliphatic rings. The average molecular weight is 359 g/mol. The number of rotatable bonds is 11. The number of carboxylic acid groups (broad SMARTS) is 1. The number of carbonyl (C=O) groups is 1. The summed E-state index contributed by atoms with van der Waals surface area (Å²) < 4.78 is 5.29. The van der Waals surface area contributed by atoms with Gasteiger partial charge in [-0.3, -0.25) is 0 Å². The van der Waals surface area contributed by atoms with E-state index in [4.69, 9.17) is 4.74 Å². The van der Waals surface area contributed by atoms with Crippen molar-refractivity contribution in [3.8, 4) is 0 Å². The molecule has 139 valence electrons. The topological polar surface area (TPSA) is 49.8 Å². The normalized spacial score (nSPS) is 17.9. The maximum Gasteiger partial charge on any atom is 0.343 e. The van der Waals surface area contributed by atoms with Crippen LogP contribution >= 0.6 is 0 Å². The summed E-state index contributed by atoms with van der Waals surface area (Å²) in [6.07, 6.45) is 9.46. The van der Waals surface area contributed by atoms with E-state index in [1.54, 1.807) is 0 Å². The molecule has 2 aromatic rings. The Morgan fingerprint density at radius 1 is 0.852 bits per heavy atom. The molecule has 3 nitrogen and oxygen atoms in total. The first-order chi connectivity index (χ1) is 12.7. The van der Waals surface area contributed by atoms with E-state index in [1.807, 2.05) is 24.3 Å². The predicted octanol–water partition coefficient (Wildman–Crippen LogP) is 4.74. The third-order valence-corrected chi connectivity index (χ3v) is 5.24. The molecule has 1 unspecified atom stereocenters. The minimum Gasteiger partial charge on any atom is -0.479 e. The fraction of sp³-hybridized carbons (Fsp3) is 0.435. The van der Waals surface area contributed by atoms with Gasteiger partial charge in [-0.15, -0.1) is 0 Å². The van der Waals surface area contributed by atoms with Crippen molar-refractivity contribution in [3.05, 3.63) is 71.3 Å². The van der Waals surface area contributed by atoms with Crippen LogP contribution in [0.5, 0.6) is 0 Å². The Kier molecular flexibility index (Phi) is 8.63. The Morgan fingerprint density at radius 2 is 1.41 bits per heavy atom. The molecule has 0 amide bonds. The van der Waals surface area contributed by atoms with Crippen molar-refractivity contribution in [3.63, 3.8) is 0 Å². The van der Waals surface area contributed by atoms with Crippen molar-refractivity contribution in [2.75, 3.05) is 6.61 Å². The van der Waals surface area contributed by atoms with E-state index >= 15 is 0 Å². The van der Waals surface area contributed by atoms with Crippen molar-refractivity contribution in [2.24, 2.45) is 0 Å². The molecule has 0 aliphatic carbocycles. The molecule has 1 heterocycles. The number of ether oxygens (including phenoxy) is 1. The molecule has 0 bridgehead atoms. The molecular formula is C23H28LiO3. The molecule has 4 heteroatoms. The summed E-state index contributed by atoms with van der Waals surface area (Å²) in [6.45, 7) is 0.292. The van der Waals surface area contributed by atoms with Crippen LogP contribution in [0.15, 0.2) is 54.6 Å². The molecule has 0 saturated carbocycles. The summed E-state index contributed by atoms with van der Waals surface area (Å²) in [5, 5.41) is 9.43. The van der Waals surface area contributed by atoms with E-state index in [0.717, 1.165) is 24.0 Å². The van der Waals surface area contributed by atoms with Crippen molar-refractivity contribution < 1.29 is 14.6 Å². The second-order valence-corrected chi connectivity index (χ2v) is 7.18. The van der Waals surface area contributed by atoms with Crippen LogP contribution < -0.4 is 0 Å². The fourth-order valence-electron chi connectivity index (χ4n) is 3.59. The Morgan fingerprint density at radius 3 is 2.04 bits per heavy atom. The van der Waals surface area contributed by atoms with Gasteiger partial charge >= 0.3 is 5.97 Å². The number of benzene rings is 2. The van der Waals surface area contributed by atoms with E-state index in [0.29, 0.717) is 6.61 Å². The Labute approximate surface area is 174 Å². The SMILES string of the molecule is O=C(O)C1(c2ccccc2CCCCCCCCc2ccccc2)CO1.[Li]. The van der Waals surface area contributed by atoms with Gasteiger partial charge in [0.1, 0.15) is 0 Å². The quantitative estimate of drug-likeness (QED) is 0.358. The predicted molar refractivity (Wildman–Crippen MR) is 109 cm³/mol. The molecule has 1 radical (unpaired) electrons. The minimum atomic E-state index is -1.08. The van der Waals surface area contributed by atoms with Gasteiger partial charge in [-0.25, -0.2) is 4.79 Å². The first kappa shape index (κ1) is 21.8. The molecule has 3 rings (SSSR count). The number of epoxide rings is 1. The third-order valence-electron chi connectivity index (χ3n) is 5.24. The molecule has 1 aliphatic heterocycles. The summed E-state index contributed by atoms with van der Waals surface area (Å²) in [6, 6.07) is 18.5. The van der Waals surface area contributed by atoms with Crippen LogP contribution in [0, 0.1) is 0 Å². The van der Waals surface area contributed by atoms with Crippen LogP contribution in [-0.4, -0.2) is 36.5 Å². The minimum absolute atomic E-state index is 0. The van der Waals surface area contributed by atoms with Crippen LogP contribution in [-0.2, 0) is 28.0 Å². The zero-order valence-corrected chi connectivity index (χ0v) is 16.3. The molecule has 1 fully saturated rings. The second-order valence-electron chi connectivity index (χ2n) is 7.18. The summed E-state index contributed by atoms with van der Waals surface area (Å²) in [5.74, 6) is -0.872. The molecule has 2 aromatic carbocycles. The summed E-state index contributed by atoms with van der Waals surface area (Å²) >= 11 is 0. The molecule has 1 saturated heterocycles. The van der Waals surface area contributed by atoms with Gasteiger partial charge in [0.15, 0.2) is 0 Å². The third kappa shape index (κ3) is 5.97. The zero-order chi connectivity index (χ0) is 18.2. The van der Waals surface area contributed by atoms with Gasteiger partial charge in [-0.2, -0.15) is 0 Å². The van der Waals surface area contributed by atoms with E-state index in [9.17, 15) is 9.90 Å². The standard InChI is InChI=1S/C23H28O3.Li/c24-22(25)23(18-26-23)21-17-11-10-16-20(21)15-9-4-2-1-3-6-12-19-13-7-5-8-14-19;/h5,7-8,10-11,13-14,16-17H,1-4,6,9,12,15,18H2,(H,24,25);.